The van der Waals surface area contributed by atoms with E-state index in [0.717, 1.165) is 89.9 Å². The first-order valence-electron chi connectivity index (χ1n) is 27.1. The molecule has 0 aliphatic heterocycles. The second kappa shape index (κ2) is 54.4. The Kier molecular flexibility index (Phi) is 51.9. The highest BCUT2D eigenvalue weighted by Crippen LogP contribution is 2.15. The molecule has 0 aromatic heterocycles. The number of hydrogen-bond acceptors (Lipinski definition) is 5. The summed E-state index contributed by atoms with van der Waals surface area (Å²) in [5, 5.41) is 0. The van der Waals surface area contributed by atoms with Crippen LogP contribution in [0, 0.1) is 0 Å². The fourth-order valence-corrected chi connectivity index (χ4v) is 7.40. The molecule has 5 nitrogen and oxygen atoms in total. The van der Waals surface area contributed by atoms with Gasteiger partial charge in [-0.2, -0.15) is 0 Å². The van der Waals surface area contributed by atoms with Crippen molar-refractivity contribution in [2.45, 2.75) is 258 Å². The largest absolute Gasteiger partial charge is 0.462 e. The van der Waals surface area contributed by atoms with E-state index in [9.17, 15) is 9.59 Å². The summed E-state index contributed by atoms with van der Waals surface area (Å²) in [6.45, 7) is 7.63. The van der Waals surface area contributed by atoms with Gasteiger partial charge in [0.15, 0.2) is 6.10 Å². The zero-order valence-electron chi connectivity index (χ0n) is 42.3. The average molecular weight is 891 g/mol. The second-order valence-corrected chi connectivity index (χ2v) is 17.8. The first-order chi connectivity index (χ1) is 31.6. The van der Waals surface area contributed by atoms with Crippen molar-refractivity contribution in [3.63, 3.8) is 0 Å². The molecule has 0 fully saturated rings. The van der Waals surface area contributed by atoms with Gasteiger partial charge in [0.2, 0.25) is 0 Å². The molecule has 0 saturated heterocycles. The number of unbranched alkanes of at least 4 members (excludes halogenated alkanes) is 24. The van der Waals surface area contributed by atoms with Crippen molar-refractivity contribution < 1.29 is 23.8 Å². The Morgan fingerprint density at radius 1 is 0.359 bits per heavy atom. The van der Waals surface area contributed by atoms with Crippen molar-refractivity contribution in [3.05, 3.63) is 85.1 Å². The van der Waals surface area contributed by atoms with Crippen molar-refractivity contribution in [1.82, 2.24) is 0 Å². The normalized spacial score (nSPS) is 12.9. The van der Waals surface area contributed by atoms with Crippen LogP contribution in [-0.4, -0.2) is 37.9 Å². The van der Waals surface area contributed by atoms with Gasteiger partial charge in [0.1, 0.15) is 6.61 Å². The molecule has 368 valence electrons. The van der Waals surface area contributed by atoms with E-state index < -0.39 is 6.10 Å². The number of rotatable bonds is 49. The molecule has 0 unspecified atom stereocenters. The van der Waals surface area contributed by atoms with E-state index >= 15 is 0 Å². The van der Waals surface area contributed by atoms with Gasteiger partial charge in [-0.15, -0.1) is 0 Å². The Hall–Kier alpha value is -2.92. The first-order valence-corrected chi connectivity index (χ1v) is 27.1. The van der Waals surface area contributed by atoms with Crippen LogP contribution in [0.25, 0.3) is 0 Å². The lowest BCUT2D eigenvalue weighted by atomic mass is 10.0. The Balaban J connectivity index is 4.38. The minimum atomic E-state index is -0.573. The smallest absolute Gasteiger partial charge is 0.306 e. The molecular weight excluding hydrogens is 789 g/mol. The minimum absolute atomic E-state index is 0.0541. The maximum atomic E-state index is 12.8. The van der Waals surface area contributed by atoms with Gasteiger partial charge in [-0.25, -0.2) is 0 Å². The fraction of sp³-hybridized carbons (Fsp3) is 0.729. The molecule has 64 heavy (non-hydrogen) atoms. The summed E-state index contributed by atoms with van der Waals surface area (Å²) >= 11 is 0. The topological polar surface area (TPSA) is 61.8 Å². The van der Waals surface area contributed by atoms with Gasteiger partial charge in [0, 0.05) is 19.4 Å². The summed E-state index contributed by atoms with van der Waals surface area (Å²) in [5.74, 6) is -0.476. The van der Waals surface area contributed by atoms with Gasteiger partial charge in [-0.05, 0) is 89.9 Å². The lowest BCUT2D eigenvalue weighted by Crippen LogP contribution is -2.30. The molecule has 0 amide bonds. The van der Waals surface area contributed by atoms with Crippen LogP contribution < -0.4 is 0 Å². The van der Waals surface area contributed by atoms with Crippen molar-refractivity contribution in [2.24, 2.45) is 0 Å². The van der Waals surface area contributed by atoms with Gasteiger partial charge >= 0.3 is 11.9 Å². The summed E-state index contributed by atoms with van der Waals surface area (Å²) < 4.78 is 17.4. The molecule has 1 atom stereocenters. The van der Waals surface area contributed by atoms with Gasteiger partial charge in [0.05, 0.1) is 6.61 Å². The van der Waals surface area contributed by atoms with Crippen molar-refractivity contribution in [1.29, 1.82) is 0 Å². The van der Waals surface area contributed by atoms with E-state index in [1.54, 1.807) is 0 Å². The maximum absolute atomic E-state index is 12.8. The summed E-state index contributed by atoms with van der Waals surface area (Å²) in [5.41, 5.74) is 0. The van der Waals surface area contributed by atoms with Crippen LogP contribution >= 0.6 is 0 Å². The Morgan fingerprint density at radius 3 is 1.20 bits per heavy atom. The van der Waals surface area contributed by atoms with E-state index in [1.807, 2.05) is 0 Å². The third-order valence-electron chi connectivity index (χ3n) is 11.4. The highest BCUT2D eigenvalue weighted by atomic mass is 16.6. The molecule has 0 radical (unpaired) electrons. The molecule has 0 aliphatic carbocycles. The number of allylic oxidation sites excluding steroid dienone is 14. The van der Waals surface area contributed by atoms with Crippen molar-refractivity contribution >= 4 is 11.9 Å². The number of esters is 2. The van der Waals surface area contributed by atoms with Gasteiger partial charge in [0.25, 0.3) is 0 Å². The lowest BCUT2D eigenvalue weighted by molar-refractivity contribution is -0.162. The molecule has 0 saturated carbocycles. The number of hydrogen-bond donors (Lipinski definition) is 0. The molecule has 0 aromatic rings. The van der Waals surface area contributed by atoms with Crippen LogP contribution in [0.4, 0.5) is 0 Å². The Bertz CT molecular complexity index is 1190. The molecule has 0 aromatic carbocycles. The molecule has 0 N–H and O–H groups in total. The third-order valence-corrected chi connectivity index (χ3v) is 11.4. The summed E-state index contributed by atoms with van der Waals surface area (Å²) in [6, 6.07) is 0. The molecule has 0 bridgehead atoms. The summed E-state index contributed by atoms with van der Waals surface area (Å²) in [6.07, 6.45) is 71.7. The SMILES string of the molecule is CC/C=C\C/C=C\C/C=C\C/C=C\C/C=C\CCCC(=O)O[C@H](COCCCCCCCCCCCCCCCCCC)COC(=O)CCCCCCC/C=C\C/C=C\CCCCC. The molecule has 0 spiro atoms. The zero-order chi connectivity index (χ0) is 46.3. The van der Waals surface area contributed by atoms with Crippen LogP contribution in [0.15, 0.2) is 85.1 Å². The van der Waals surface area contributed by atoms with Crippen molar-refractivity contribution in [2.75, 3.05) is 19.8 Å². The Morgan fingerprint density at radius 2 is 0.719 bits per heavy atom. The molecule has 0 aliphatic rings. The summed E-state index contributed by atoms with van der Waals surface area (Å²) in [4.78, 5) is 25.4. The monoisotopic (exact) mass is 891 g/mol. The molecule has 5 heteroatoms. The first kappa shape index (κ1) is 61.1. The second-order valence-electron chi connectivity index (χ2n) is 17.8. The van der Waals surface area contributed by atoms with Crippen LogP contribution in [0.1, 0.15) is 252 Å². The van der Waals surface area contributed by atoms with Crippen molar-refractivity contribution in [3.8, 4) is 0 Å². The Labute approximate surface area is 397 Å². The predicted octanol–water partition coefficient (Wildman–Crippen LogP) is 18.5. The standard InChI is InChI=1S/C59H102O5/c1-4-7-10-13-16-19-22-25-28-30-32-35-38-41-44-47-50-53-59(61)64-57(55-62-54-51-48-45-42-39-36-33-29-26-23-20-17-14-11-8-5-2)56-63-58(60)52-49-46-43-40-37-34-31-27-24-21-18-15-12-9-6-3/h7,10,16,18-19,21,25,27-28,31-32,35,41,44,57H,4-6,8-9,11-15,17,20,22-24,26,29-30,33-34,36-40,42-43,45-56H2,1-3H3/b10-7-,19-16-,21-18-,28-25-,31-27-,35-32-,44-41-/t57-/m1/s1. The molecule has 0 heterocycles. The molecular formula is C59H102O5. The van der Waals surface area contributed by atoms with E-state index in [2.05, 4.69) is 106 Å². The lowest BCUT2D eigenvalue weighted by Gasteiger charge is -2.18. The predicted molar refractivity (Wildman–Crippen MR) is 279 cm³/mol. The third kappa shape index (κ3) is 51.7. The van der Waals surface area contributed by atoms with Crippen LogP contribution in [-0.2, 0) is 23.8 Å². The number of carbonyl (C=O) groups is 2. The highest BCUT2D eigenvalue weighted by Gasteiger charge is 2.17. The fourth-order valence-electron chi connectivity index (χ4n) is 7.40. The van der Waals surface area contributed by atoms with E-state index in [1.165, 1.54) is 128 Å². The van der Waals surface area contributed by atoms with E-state index in [4.69, 9.17) is 14.2 Å². The highest BCUT2D eigenvalue weighted by molar-refractivity contribution is 5.70. The number of ether oxygens (including phenoxy) is 3. The number of carbonyl (C=O) groups excluding carboxylic acids is 2. The minimum Gasteiger partial charge on any atom is -0.462 e. The van der Waals surface area contributed by atoms with E-state index in [-0.39, 0.29) is 25.2 Å². The zero-order valence-corrected chi connectivity index (χ0v) is 42.3. The quantitative estimate of drug-likeness (QED) is 0.0346. The average Bonchev–Trinajstić information content (AvgIpc) is 3.30. The molecule has 0 rings (SSSR count). The van der Waals surface area contributed by atoms with Gasteiger partial charge < -0.3 is 14.2 Å². The maximum Gasteiger partial charge on any atom is 0.306 e. The van der Waals surface area contributed by atoms with Gasteiger partial charge in [-0.1, -0.05) is 234 Å². The van der Waals surface area contributed by atoms with Crippen LogP contribution in [0.5, 0.6) is 0 Å². The van der Waals surface area contributed by atoms with Crippen LogP contribution in [0.2, 0.25) is 0 Å². The van der Waals surface area contributed by atoms with E-state index in [0.29, 0.717) is 19.4 Å². The van der Waals surface area contributed by atoms with Crippen LogP contribution in [0.3, 0.4) is 0 Å². The van der Waals surface area contributed by atoms with Gasteiger partial charge in [-0.3, -0.25) is 9.59 Å². The summed E-state index contributed by atoms with van der Waals surface area (Å²) in [7, 11) is 0.